The van der Waals surface area contributed by atoms with Gasteiger partial charge in [-0.2, -0.15) is 0 Å². The maximum atomic E-state index is 12.6. The monoisotopic (exact) mass is 443 g/mol. The second-order valence-electron chi connectivity index (χ2n) is 8.28. The van der Waals surface area contributed by atoms with Gasteiger partial charge in [0.25, 0.3) is 5.91 Å². The number of carbonyl (C=O) groups excluding carboxylic acids is 1. The minimum absolute atomic E-state index is 0.180. The van der Waals surface area contributed by atoms with Gasteiger partial charge in [-0.05, 0) is 61.8 Å². The average molecular weight is 444 g/mol. The van der Waals surface area contributed by atoms with Crippen molar-refractivity contribution in [3.63, 3.8) is 0 Å². The quantitative estimate of drug-likeness (QED) is 0.753. The summed E-state index contributed by atoms with van der Waals surface area (Å²) in [5.41, 5.74) is 3.02. The summed E-state index contributed by atoms with van der Waals surface area (Å²) in [5.74, 6) is 0.791. The Labute approximate surface area is 183 Å². The SMILES string of the molecule is CN1CCCN(c2ccc(CNC(=O)c3ccc4c(c3)CCN4S(C)(=O)=O)cn2)CC1. The van der Waals surface area contributed by atoms with Gasteiger partial charge >= 0.3 is 0 Å². The van der Waals surface area contributed by atoms with E-state index in [2.05, 4.69) is 27.1 Å². The third-order valence-electron chi connectivity index (χ3n) is 5.90. The lowest BCUT2D eigenvalue weighted by molar-refractivity contribution is 0.0951. The van der Waals surface area contributed by atoms with E-state index in [1.54, 1.807) is 18.2 Å². The smallest absolute Gasteiger partial charge is 0.251 e. The molecular weight excluding hydrogens is 414 g/mol. The second-order valence-corrected chi connectivity index (χ2v) is 10.2. The molecule has 2 aliphatic rings. The van der Waals surface area contributed by atoms with Crippen molar-refractivity contribution in [1.82, 2.24) is 15.2 Å². The zero-order chi connectivity index (χ0) is 22.0. The molecule has 1 N–H and O–H groups in total. The molecule has 0 radical (unpaired) electrons. The van der Waals surface area contributed by atoms with E-state index in [0.717, 1.165) is 49.5 Å². The molecule has 0 saturated carbocycles. The molecule has 8 nitrogen and oxygen atoms in total. The van der Waals surface area contributed by atoms with Crippen LogP contribution in [0, 0.1) is 0 Å². The molecule has 31 heavy (non-hydrogen) atoms. The maximum Gasteiger partial charge on any atom is 0.251 e. The number of carbonyl (C=O) groups is 1. The lowest BCUT2D eigenvalue weighted by Crippen LogP contribution is -2.29. The number of hydrogen-bond donors (Lipinski definition) is 1. The number of aromatic nitrogens is 1. The fraction of sp³-hybridized carbons (Fsp3) is 0.455. The van der Waals surface area contributed by atoms with Crippen molar-refractivity contribution >= 4 is 27.4 Å². The lowest BCUT2D eigenvalue weighted by Gasteiger charge is -2.21. The van der Waals surface area contributed by atoms with Crippen molar-refractivity contribution in [2.75, 3.05) is 55.2 Å². The summed E-state index contributed by atoms with van der Waals surface area (Å²) in [7, 11) is -1.15. The molecule has 0 bridgehead atoms. The summed E-state index contributed by atoms with van der Waals surface area (Å²) in [6.45, 7) is 4.92. The van der Waals surface area contributed by atoms with Crippen molar-refractivity contribution in [2.24, 2.45) is 0 Å². The summed E-state index contributed by atoms with van der Waals surface area (Å²) >= 11 is 0. The minimum Gasteiger partial charge on any atom is -0.355 e. The Morgan fingerprint density at radius 1 is 1.10 bits per heavy atom. The van der Waals surface area contributed by atoms with Crippen LogP contribution in [0.1, 0.15) is 27.9 Å². The average Bonchev–Trinajstić information content (AvgIpc) is 3.07. The van der Waals surface area contributed by atoms with Crippen LogP contribution in [0.15, 0.2) is 36.5 Å². The molecule has 4 rings (SSSR count). The van der Waals surface area contributed by atoms with Crippen LogP contribution in [0.5, 0.6) is 0 Å². The van der Waals surface area contributed by atoms with Gasteiger partial charge in [-0.3, -0.25) is 9.10 Å². The number of benzene rings is 1. The first-order valence-electron chi connectivity index (χ1n) is 10.6. The number of anilines is 2. The van der Waals surface area contributed by atoms with E-state index < -0.39 is 10.0 Å². The molecule has 1 fully saturated rings. The topological polar surface area (TPSA) is 85.9 Å². The fourth-order valence-electron chi connectivity index (χ4n) is 4.13. The number of fused-ring (bicyclic) bond motifs is 1. The normalized spacial score (nSPS) is 17.4. The summed E-state index contributed by atoms with van der Waals surface area (Å²) in [5, 5.41) is 2.93. The fourth-order valence-corrected chi connectivity index (χ4v) is 5.08. The van der Waals surface area contributed by atoms with Gasteiger partial charge in [-0.25, -0.2) is 13.4 Å². The first-order valence-corrected chi connectivity index (χ1v) is 12.4. The van der Waals surface area contributed by atoms with Gasteiger partial charge in [0.1, 0.15) is 5.82 Å². The van der Waals surface area contributed by atoms with Crippen LogP contribution in [0.3, 0.4) is 0 Å². The molecular formula is C22H29N5O3S. The zero-order valence-electron chi connectivity index (χ0n) is 18.0. The largest absolute Gasteiger partial charge is 0.355 e. The van der Waals surface area contributed by atoms with Crippen LogP contribution < -0.4 is 14.5 Å². The van der Waals surface area contributed by atoms with Gasteiger partial charge in [-0.1, -0.05) is 6.07 Å². The second kappa shape index (κ2) is 8.84. The van der Waals surface area contributed by atoms with E-state index in [4.69, 9.17) is 0 Å². The highest BCUT2D eigenvalue weighted by Gasteiger charge is 2.26. The predicted octanol–water partition coefficient (Wildman–Crippen LogP) is 1.48. The number of pyridine rings is 1. The molecule has 0 atom stereocenters. The van der Waals surface area contributed by atoms with E-state index in [0.29, 0.717) is 30.8 Å². The van der Waals surface area contributed by atoms with Crippen LogP contribution in [-0.4, -0.2) is 70.2 Å². The first-order chi connectivity index (χ1) is 14.8. The molecule has 9 heteroatoms. The standard InChI is InChI=1S/C22H29N5O3S/c1-25-9-3-10-26(13-12-25)21-7-4-17(15-23-21)16-24-22(28)19-5-6-20-18(14-19)8-11-27(20)31(2,29)30/h4-7,14-15H,3,8-13,16H2,1-2H3,(H,24,28). The van der Waals surface area contributed by atoms with E-state index in [1.807, 2.05) is 18.3 Å². The number of nitrogens with zero attached hydrogens (tertiary/aromatic N) is 4. The van der Waals surface area contributed by atoms with Crippen molar-refractivity contribution in [3.8, 4) is 0 Å². The Hall–Kier alpha value is -2.65. The third kappa shape index (κ3) is 4.99. The Kier molecular flexibility index (Phi) is 6.15. The van der Waals surface area contributed by atoms with Crippen LogP contribution in [0.25, 0.3) is 0 Å². The Morgan fingerprint density at radius 3 is 2.68 bits per heavy atom. The van der Waals surface area contributed by atoms with Crippen LogP contribution in [0.2, 0.25) is 0 Å². The van der Waals surface area contributed by atoms with Crippen molar-refractivity contribution in [1.29, 1.82) is 0 Å². The van der Waals surface area contributed by atoms with Gasteiger partial charge in [0.15, 0.2) is 0 Å². The number of rotatable bonds is 5. The van der Waals surface area contributed by atoms with Crippen LogP contribution in [-0.2, 0) is 23.0 Å². The van der Waals surface area contributed by atoms with Gasteiger partial charge in [0.05, 0.1) is 11.9 Å². The molecule has 1 amide bonds. The van der Waals surface area contributed by atoms with Crippen LogP contribution in [0.4, 0.5) is 11.5 Å². The number of likely N-dealkylation sites (N-methyl/N-ethyl adjacent to an activating group) is 1. The lowest BCUT2D eigenvalue weighted by atomic mass is 10.1. The highest BCUT2D eigenvalue weighted by Crippen LogP contribution is 2.30. The molecule has 3 heterocycles. The predicted molar refractivity (Wildman–Crippen MR) is 122 cm³/mol. The molecule has 2 aromatic rings. The number of sulfonamides is 1. The van der Waals surface area contributed by atoms with Gasteiger partial charge in [0, 0.05) is 44.5 Å². The van der Waals surface area contributed by atoms with Crippen molar-refractivity contribution < 1.29 is 13.2 Å². The Balaban J connectivity index is 1.36. The Morgan fingerprint density at radius 2 is 1.94 bits per heavy atom. The van der Waals surface area contributed by atoms with E-state index >= 15 is 0 Å². The summed E-state index contributed by atoms with van der Waals surface area (Å²) in [4.78, 5) is 21.8. The number of hydrogen-bond acceptors (Lipinski definition) is 6. The number of amides is 1. The summed E-state index contributed by atoms with van der Waals surface area (Å²) in [6.07, 6.45) is 4.75. The Bertz CT molecular complexity index is 1060. The van der Waals surface area contributed by atoms with Gasteiger partial charge < -0.3 is 15.1 Å². The van der Waals surface area contributed by atoms with Crippen molar-refractivity contribution in [3.05, 3.63) is 53.2 Å². The number of nitrogens with one attached hydrogen (secondary N) is 1. The van der Waals surface area contributed by atoms with E-state index in [9.17, 15) is 13.2 Å². The molecule has 0 aliphatic carbocycles. The summed E-state index contributed by atoms with van der Waals surface area (Å²) < 4.78 is 25.1. The van der Waals surface area contributed by atoms with E-state index in [1.165, 1.54) is 10.6 Å². The highest BCUT2D eigenvalue weighted by atomic mass is 32.2. The van der Waals surface area contributed by atoms with Crippen molar-refractivity contribution in [2.45, 2.75) is 19.4 Å². The third-order valence-corrected chi connectivity index (χ3v) is 7.08. The van der Waals surface area contributed by atoms with Crippen LogP contribution >= 0.6 is 0 Å². The summed E-state index contributed by atoms with van der Waals surface area (Å²) in [6, 6.07) is 9.20. The van der Waals surface area contributed by atoms with E-state index in [-0.39, 0.29) is 5.91 Å². The first kappa shape index (κ1) is 21.6. The van der Waals surface area contributed by atoms with Gasteiger partial charge in [0.2, 0.25) is 10.0 Å². The minimum atomic E-state index is -3.29. The molecule has 0 unspecified atom stereocenters. The van der Waals surface area contributed by atoms with Gasteiger partial charge in [-0.15, -0.1) is 0 Å². The maximum absolute atomic E-state index is 12.6. The molecule has 2 aliphatic heterocycles. The zero-order valence-corrected chi connectivity index (χ0v) is 18.9. The molecule has 166 valence electrons. The molecule has 1 aromatic heterocycles. The highest BCUT2D eigenvalue weighted by molar-refractivity contribution is 7.92. The molecule has 0 spiro atoms. The molecule has 1 aromatic carbocycles. The molecule has 1 saturated heterocycles.